The van der Waals surface area contributed by atoms with Crippen molar-refractivity contribution in [3.8, 4) is 0 Å². The van der Waals surface area contributed by atoms with Crippen molar-refractivity contribution in [2.75, 3.05) is 19.8 Å². The van der Waals surface area contributed by atoms with E-state index in [4.69, 9.17) is 37.9 Å². The van der Waals surface area contributed by atoms with Crippen molar-refractivity contribution in [1.29, 1.82) is 0 Å². The van der Waals surface area contributed by atoms with Crippen molar-refractivity contribution >= 4 is 17.9 Å². The topological polar surface area (TPSA) is 125 Å². The lowest BCUT2D eigenvalue weighted by Gasteiger charge is -2.28. The third kappa shape index (κ3) is 6.73. The molecule has 3 rings (SSSR count). The Morgan fingerprint density at radius 3 is 2.21 bits per heavy atom. The van der Waals surface area contributed by atoms with Gasteiger partial charge in [-0.15, -0.1) is 0 Å². The number of ether oxygens (including phenoxy) is 8. The highest BCUT2D eigenvalue weighted by Crippen LogP contribution is 2.42. The normalized spacial score (nSPS) is 31.6. The number of rotatable bonds is 9. The standard InChI is InChI=1S/C22H32O11/c1-12(2)19(25)27-10-9-26-14(23)7-8-15(24)29-17-16(13-11-28-21(3,4)31-13)30-20-18(17)32-22(5,6)33-20/h13,16-18,20H,1,7-11H2,2-6H3. The molecule has 5 unspecified atom stereocenters. The summed E-state index contributed by atoms with van der Waals surface area (Å²) in [5.41, 5.74) is 0.249. The van der Waals surface area contributed by atoms with Gasteiger partial charge in [0.1, 0.15) is 25.4 Å². The van der Waals surface area contributed by atoms with Gasteiger partial charge in [-0.25, -0.2) is 4.79 Å². The summed E-state index contributed by atoms with van der Waals surface area (Å²) in [5.74, 6) is -3.49. The van der Waals surface area contributed by atoms with Crippen LogP contribution >= 0.6 is 0 Å². The molecule has 5 atom stereocenters. The predicted molar refractivity (Wildman–Crippen MR) is 109 cm³/mol. The third-order valence-electron chi connectivity index (χ3n) is 5.15. The van der Waals surface area contributed by atoms with Crippen LogP contribution in [0.2, 0.25) is 0 Å². The number of carbonyl (C=O) groups is 3. The minimum atomic E-state index is -0.894. The van der Waals surface area contributed by atoms with Crippen LogP contribution in [0.1, 0.15) is 47.5 Å². The molecule has 3 heterocycles. The molecule has 0 aromatic rings. The molecular weight excluding hydrogens is 440 g/mol. The Balaban J connectivity index is 1.49. The molecular formula is C22H32O11. The molecule has 0 saturated carbocycles. The summed E-state index contributed by atoms with van der Waals surface area (Å²) >= 11 is 0. The lowest BCUT2D eigenvalue weighted by molar-refractivity contribution is -0.235. The van der Waals surface area contributed by atoms with Crippen molar-refractivity contribution < 1.29 is 52.3 Å². The zero-order valence-electron chi connectivity index (χ0n) is 19.6. The van der Waals surface area contributed by atoms with E-state index >= 15 is 0 Å². The zero-order valence-corrected chi connectivity index (χ0v) is 19.6. The largest absolute Gasteiger partial charge is 0.462 e. The predicted octanol–water partition coefficient (Wildman–Crippen LogP) is 1.37. The molecule has 0 N–H and O–H groups in total. The number of esters is 3. The molecule has 33 heavy (non-hydrogen) atoms. The molecule has 3 fully saturated rings. The van der Waals surface area contributed by atoms with E-state index in [9.17, 15) is 14.4 Å². The van der Waals surface area contributed by atoms with E-state index in [1.54, 1.807) is 27.7 Å². The van der Waals surface area contributed by atoms with E-state index in [2.05, 4.69) is 6.58 Å². The van der Waals surface area contributed by atoms with Gasteiger partial charge in [-0.3, -0.25) is 9.59 Å². The highest BCUT2D eigenvalue weighted by atomic mass is 16.8. The summed E-state index contributed by atoms with van der Waals surface area (Å²) in [5, 5.41) is 0. The first-order valence-corrected chi connectivity index (χ1v) is 10.9. The van der Waals surface area contributed by atoms with Gasteiger partial charge >= 0.3 is 17.9 Å². The van der Waals surface area contributed by atoms with E-state index in [-0.39, 0.29) is 38.2 Å². The van der Waals surface area contributed by atoms with Crippen LogP contribution in [0.4, 0.5) is 0 Å². The Labute approximate surface area is 192 Å². The van der Waals surface area contributed by atoms with E-state index in [0.717, 1.165) is 0 Å². The zero-order chi connectivity index (χ0) is 24.4. The number of fused-ring (bicyclic) bond motifs is 1. The summed E-state index contributed by atoms with van der Waals surface area (Å²) < 4.78 is 44.6. The first-order valence-electron chi connectivity index (χ1n) is 10.9. The van der Waals surface area contributed by atoms with Crippen molar-refractivity contribution in [3.05, 3.63) is 12.2 Å². The molecule has 3 aliphatic heterocycles. The molecule has 0 amide bonds. The summed E-state index contributed by atoms with van der Waals surface area (Å²) in [7, 11) is 0. The third-order valence-corrected chi connectivity index (χ3v) is 5.15. The first-order chi connectivity index (χ1) is 15.4. The summed E-state index contributed by atoms with van der Waals surface area (Å²) in [6.45, 7) is 12.1. The van der Waals surface area contributed by atoms with Gasteiger partial charge in [0.25, 0.3) is 0 Å². The first kappa shape index (κ1) is 25.6. The lowest BCUT2D eigenvalue weighted by Crippen LogP contribution is -2.45. The Morgan fingerprint density at radius 2 is 1.58 bits per heavy atom. The minimum absolute atomic E-state index is 0.0982. The van der Waals surface area contributed by atoms with Crippen LogP contribution < -0.4 is 0 Å². The van der Waals surface area contributed by atoms with Gasteiger partial charge in [0, 0.05) is 5.57 Å². The molecule has 3 aliphatic rings. The van der Waals surface area contributed by atoms with Crippen molar-refractivity contribution in [3.63, 3.8) is 0 Å². The molecule has 186 valence electrons. The molecule has 0 aliphatic carbocycles. The molecule has 0 spiro atoms. The quantitative estimate of drug-likeness (QED) is 0.209. The lowest BCUT2D eigenvalue weighted by atomic mass is 10.1. The highest BCUT2D eigenvalue weighted by Gasteiger charge is 2.60. The molecule has 3 saturated heterocycles. The molecule has 0 aromatic heterocycles. The molecule has 11 nitrogen and oxygen atoms in total. The van der Waals surface area contributed by atoms with Crippen molar-refractivity contribution in [2.24, 2.45) is 0 Å². The molecule has 0 bridgehead atoms. The van der Waals surface area contributed by atoms with Gasteiger partial charge in [-0.1, -0.05) is 6.58 Å². The maximum Gasteiger partial charge on any atom is 0.333 e. The van der Waals surface area contributed by atoms with Gasteiger partial charge < -0.3 is 37.9 Å². The Kier molecular flexibility index (Phi) is 7.80. The average Bonchev–Trinajstić information content (AvgIpc) is 3.33. The maximum atomic E-state index is 12.5. The molecule has 0 radical (unpaired) electrons. The van der Waals surface area contributed by atoms with Crippen LogP contribution in [-0.2, 0) is 52.3 Å². The SMILES string of the molecule is C=C(C)C(=O)OCCOC(=O)CCC(=O)OC1C(C2COC(C)(C)O2)OC2OC(C)(C)OC21. The number of hydrogen-bond donors (Lipinski definition) is 0. The minimum Gasteiger partial charge on any atom is -0.462 e. The Hall–Kier alpha value is -2.05. The fourth-order valence-corrected chi connectivity index (χ4v) is 3.71. The number of hydrogen-bond acceptors (Lipinski definition) is 11. The van der Waals surface area contributed by atoms with E-state index in [0.29, 0.717) is 0 Å². The molecule has 0 aromatic carbocycles. The fraction of sp³-hybridized carbons (Fsp3) is 0.773. The van der Waals surface area contributed by atoms with Crippen LogP contribution in [0, 0.1) is 0 Å². The van der Waals surface area contributed by atoms with Gasteiger partial charge in [-0.2, -0.15) is 0 Å². The van der Waals surface area contributed by atoms with Crippen LogP contribution in [0.3, 0.4) is 0 Å². The number of carbonyl (C=O) groups excluding carboxylic acids is 3. The average molecular weight is 472 g/mol. The summed E-state index contributed by atoms with van der Waals surface area (Å²) in [4.78, 5) is 35.7. The highest BCUT2D eigenvalue weighted by molar-refractivity contribution is 5.86. The second kappa shape index (κ2) is 10.1. The van der Waals surface area contributed by atoms with Gasteiger partial charge in [0.15, 0.2) is 30.1 Å². The van der Waals surface area contributed by atoms with Crippen LogP contribution in [-0.4, -0.2) is 80.0 Å². The smallest absolute Gasteiger partial charge is 0.333 e. The Morgan fingerprint density at radius 1 is 0.909 bits per heavy atom. The van der Waals surface area contributed by atoms with E-state index in [1.807, 2.05) is 0 Å². The van der Waals surface area contributed by atoms with E-state index in [1.165, 1.54) is 6.92 Å². The summed E-state index contributed by atoms with van der Waals surface area (Å²) in [6, 6.07) is 0. The van der Waals surface area contributed by atoms with Gasteiger partial charge in [0.05, 0.1) is 19.4 Å². The van der Waals surface area contributed by atoms with Crippen molar-refractivity contribution in [1.82, 2.24) is 0 Å². The van der Waals surface area contributed by atoms with Gasteiger partial charge in [-0.05, 0) is 34.6 Å². The molecule has 11 heteroatoms. The monoisotopic (exact) mass is 472 g/mol. The van der Waals surface area contributed by atoms with Crippen LogP contribution in [0.5, 0.6) is 0 Å². The van der Waals surface area contributed by atoms with Crippen LogP contribution in [0.25, 0.3) is 0 Å². The fourth-order valence-electron chi connectivity index (χ4n) is 3.71. The van der Waals surface area contributed by atoms with Crippen LogP contribution in [0.15, 0.2) is 12.2 Å². The second-order valence-corrected chi connectivity index (χ2v) is 9.03. The van der Waals surface area contributed by atoms with Crippen molar-refractivity contribution in [2.45, 2.75) is 89.7 Å². The van der Waals surface area contributed by atoms with E-state index < -0.39 is 60.2 Å². The Bertz CT molecular complexity index is 774. The van der Waals surface area contributed by atoms with Gasteiger partial charge in [0.2, 0.25) is 0 Å². The summed E-state index contributed by atoms with van der Waals surface area (Å²) in [6.07, 6.45) is -3.70. The maximum absolute atomic E-state index is 12.5. The second-order valence-electron chi connectivity index (χ2n) is 9.03.